The molecule has 3 amide bonds. The molecule has 0 aromatic heterocycles. The third kappa shape index (κ3) is 10.9. The lowest BCUT2D eigenvalue weighted by molar-refractivity contribution is -0.264. The Bertz CT molecular complexity index is 2030. The number of aliphatic hydroxyl groups is 1. The van der Waals surface area contributed by atoms with Crippen LogP contribution in [0.1, 0.15) is 35.1 Å². The molecule has 0 radical (unpaired) electrons. The highest BCUT2D eigenvalue weighted by molar-refractivity contribution is 5.71. The summed E-state index contributed by atoms with van der Waals surface area (Å²) in [7, 11) is 0. The SMILES string of the molecule is [N-]=[N+]=N[C@@H]1CC[C@@H](CN(Cc2ccccc2)C(=O)OCc2ccccc2)O[C@@H]1O[C@H]1[C@H](O)[C@H]2OC(=O)N[C@@H]2[C@@H](OCc2ccccc2)[C@@H]1NC(=O)OCc1ccccc1. The summed E-state index contributed by atoms with van der Waals surface area (Å²) in [6, 6.07) is 34.3. The maximum absolute atomic E-state index is 13.6. The zero-order valence-corrected chi connectivity index (χ0v) is 32.1. The fourth-order valence-electron chi connectivity index (χ4n) is 7.51. The number of hydrogen-bond donors (Lipinski definition) is 3. The van der Waals surface area contributed by atoms with Crippen molar-refractivity contribution in [2.24, 2.45) is 5.11 Å². The fraction of sp³-hybridized carbons (Fsp3) is 0.372. The predicted octanol–water partition coefficient (Wildman–Crippen LogP) is 6.13. The highest BCUT2D eigenvalue weighted by Gasteiger charge is 2.58. The van der Waals surface area contributed by atoms with Crippen molar-refractivity contribution >= 4 is 18.3 Å². The van der Waals surface area contributed by atoms with Crippen molar-refractivity contribution < 1.29 is 47.9 Å². The van der Waals surface area contributed by atoms with Gasteiger partial charge in [-0.05, 0) is 40.6 Å². The van der Waals surface area contributed by atoms with E-state index < -0.39 is 73.2 Å². The first kappa shape index (κ1) is 41.0. The molecule has 3 N–H and O–H groups in total. The minimum Gasteiger partial charge on any atom is -0.445 e. The number of fused-ring (bicyclic) bond motifs is 1. The number of alkyl carbamates (subject to hydrolysis) is 2. The van der Waals surface area contributed by atoms with Gasteiger partial charge in [-0.3, -0.25) is 0 Å². The first-order valence-corrected chi connectivity index (χ1v) is 19.5. The summed E-state index contributed by atoms with van der Waals surface area (Å²) in [5, 5.41) is 21.4. The van der Waals surface area contributed by atoms with E-state index in [1.165, 1.54) is 4.90 Å². The molecule has 308 valence electrons. The van der Waals surface area contributed by atoms with Crippen LogP contribution in [0, 0.1) is 0 Å². The van der Waals surface area contributed by atoms with Gasteiger partial charge in [0.1, 0.15) is 37.6 Å². The average molecular weight is 807 g/mol. The number of carbonyl (C=O) groups excluding carboxylic acids is 3. The summed E-state index contributed by atoms with van der Waals surface area (Å²) < 4.78 is 36.3. The molecular formula is C43H46N6O10. The Morgan fingerprint density at radius 2 is 1.39 bits per heavy atom. The van der Waals surface area contributed by atoms with Gasteiger partial charge in [0.2, 0.25) is 0 Å². The van der Waals surface area contributed by atoms with Crippen molar-refractivity contribution in [2.45, 2.75) is 94.1 Å². The number of aliphatic hydroxyl groups excluding tert-OH is 1. The molecule has 16 nitrogen and oxygen atoms in total. The normalized spacial score (nSPS) is 25.9. The smallest absolute Gasteiger partial charge is 0.410 e. The van der Waals surface area contributed by atoms with Crippen LogP contribution < -0.4 is 10.6 Å². The van der Waals surface area contributed by atoms with Gasteiger partial charge in [0, 0.05) is 11.5 Å². The molecule has 59 heavy (non-hydrogen) atoms. The molecule has 4 aromatic carbocycles. The van der Waals surface area contributed by atoms with Crippen molar-refractivity contribution in [3.63, 3.8) is 0 Å². The molecule has 9 atom stereocenters. The van der Waals surface area contributed by atoms with Crippen LogP contribution in [0.25, 0.3) is 10.4 Å². The van der Waals surface area contributed by atoms with E-state index in [-0.39, 0.29) is 32.9 Å². The summed E-state index contributed by atoms with van der Waals surface area (Å²) in [6.07, 6.45) is -8.42. The molecule has 3 fully saturated rings. The first-order valence-electron chi connectivity index (χ1n) is 19.5. The fourth-order valence-corrected chi connectivity index (χ4v) is 7.51. The molecule has 7 rings (SSSR count). The number of hydrogen-bond acceptors (Lipinski definition) is 11. The number of rotatable bonds is 15. The molecule has 2 heterocycles. The molecule has 2 aliphatic heterocycles. The summed E-state index contributed by atoms with van der Waals surface area (Å²) in [5.41, 5.74) is 12.8. The van der Waals surface area contributed by atoms with Gasteiger partial charge in [-0.2, -0.15) is 0 Å². The number of nitrogens with one attached hydrogen (secondary N) is 2. The summed E-state index contributed by atoms with van der Waals surface area (Å²) in [5.74, 6) is 0. The standard InChI is InChI=1S/C43H46N6O10/c44-48-47-33-22-21-32(24-49(23-28-13-5-1-6-14-28)43(53)56-27-31-19-11-4-12-20-31)57-40(33)58-38-34(45-41(51)55-26-30-17-9-3-10-18-30)37(54-25-29-15-7-2-8-16-29)35-39(36(38)50)59-42(52)46-35/h1-20,32-40,50H,21-27H2,(H,45,51)(H,46,52)/t32-,33+,34-,35+,36-,37-,38+,39-,40+/m0/s1. The highest BCUT2D eigenvalue weighted by atomic mass is 16.7. The van der Waals surface area contributed by atoms with Crippen LogP contribution >= 0.6 is 0 Å². The molecule has 2 saturated heterocycles. The van der Waals surface area contributed by atoms with Crippen LogP contribution in [0.3, 0.4) is 0 Å². The molecule has 4 aromatic rings. The van der Waals surface area contributed by atoms with E-state index in [0.717, 1.165) is 22.3 Å². The minimum atomic E-state index is -1.52. The van der Waals surface area contributed by atoms with Gasteiger partial charge in [-0.15, -0.1) is 0 Å². The zero-order valence-electron chi connectivity index (χ0n) is 32.1. The maximum Gasteiger partial charge on any atom is 0.410 e. The third-order valence-electron chi connectivity index (χ3n) is 10.4. The van der Waals surface area contributed by atoms with Crippen LogP contribution in [0.15, 0.2) is 126 Å². The average Bonchev–Trinajstić information content (AvgIpc) is 3.66. The number of amides is 3. The van der Waals surface area contributed by atoms with Crippen molar-refractivity contribution in [1.82, 2.24) is 15.5 Å². The Hall–Kier alpha value is -6.16. The second-order valence-corrected chi connectivity index (χ2v) is 14.5. The van der Waals surface area contributed by atoms with Gasteiger partial charge in [-0.25, -0.2) is 14.4 Å². The summed E-state index contributed by atoms with van der Waals surface area (Å²) >= 11 is 0. The largest absolute Gasteiger partial charge is 0.445 e. The van der Waals surface area contributed by atoms with Gasteiger partial charge in [0.05, 0.1) is 31.3 Å². The summed E-state index contributed by atoms with van der Waals surface area (Å²) in [4.78, 5) is 44.4. The van der Waals surface area contributed by atoms with Gasteiger partial charge in [0.15, 0.2) is 12.4 Å². The van der Waals surface area contributed by atoms with Crippen molar-refractivity contribution in [3.8, 4) is 0 Å². The first-order chi connectivity index (χ1) is 28.8. The quantitative estimate of drug-likeness (QED) is 0.0543. The Kier molecular flexibility index (Phi) is 13.9. The Morgan fingerprint density at radius 1 is 0.814 bits per heavy atom. The van der Waals surface area contributed by atoms with E-state index in [0.29, 0.717) is 12.8 Å². The van der Waals surface area contributed by atoms with Gasteiger partial charge in [0.25, 0.3) is 0 Å². The monoisotopic (exact) mass is 806 g/mol. The number of ether oxygens (including phenoxy) is 6. The van der Waals surface area contributed by atoms with Crippen LogP contribution in [-0.4, -0.2) is 89.8 Å². The zero-order chi connectivity index (χ0) is 41.0. The van der Waals surface area contributed by atoms with E-state index in [4.69, 9.17) is 28.4 Å². The lowest BCUT2D eigenvalue weighted by Crippen LogP contribution is -2.71. The van der Waals surface area contributed by atoms with Crippen molar-refractivity contribution in [3.05, 3.63) is 154 Å². The van der Waals surface area contributed by atoms with Gasteiger partial charge in [-0.1, -0.05) is 126 Å². The molecule has 0 spiro atoms. The van der Waals surface area contributed by atoms with Crippen LogP contribution in [0.5, 0.6) is 0 Å². The number of carbonyl (C=O) groups is 3. The molecule has 16 heteroatoms. The second kappa shape index (κ2) is 20.0. The molecule has 0 unspecified atom stereocenters. The van der Waals surface area contributed by atoms with Crippen molar-refractivity contribution in [2.75, 3.05) is 6.54 Å². The molecule has 0 bridgehead atoms. The van der Waals surface area contributed by atoms with E-state index >= 15 is 0 Å². The summed E-state index contributed by atoms with van der Waals surface area (Å²) in [6.45, 7) is 0.402. The molecule has 1 saturated carbocycles. The number of benzene rings is 4. The third-order valence-corrected chi connectivity index (χ3v) is 10.4. The minimum absolute atomic E-state index is 0.0471. The van der Waals surface area contributed by atoms with Crippen molar-refractivity contribution in [1.29, 1.82) is 0 Å². The Balaban J connectivity index is 1.13. The van der Waals surface area contributed by atoms with Crippen LogP contribution in [-0.2, 0) is 54.8 Å². The van der Waals surface area contributed by atoms with E-state index in [2.05, 4.69) is 20.7 Å². The predicted molar refractivity (Wildman–Crippen MR) is 211 cm³/mol. The van der Waals surface area contributed by atoms with Crippen LogP contribution in [0.2, 0.25) is 0 Å². The molecular weight excluding hydrogens is 761 g/mol. The van der Waals surface area contributed by atoms with Gasteiger partial charge < -0.3 is 49.1 Å². The number of nitrogens with zero attached hydrogens (tertiary/aromatic N) is 4. The molecule has 1 aliphatic carbocycles. The van der Waals surface area contributed by atoms with Gasteiger partial charge >= 0.3 is 18.3 Å². The van der Waals surface area contributed by atoms with Crippen LogP contribution in [0.4, 0.5) is 14.4 Å². The van der Waals surface area contributed by atoms with E-state index in [1.54, 1.807) is 0 Å². The lowest BCUT2D eigenvalue weighted by Gasteiger charge is -2.47. The van der Waals surface area contributed by atoms with E-state index in [1.807, 2.05) is 121 Å². The Labute approximate surface area is 340 Å². The topological polar surface area (TPSA) is 203 Å². The van der Waals surface area contributed by atoms with E-state index in [9.17, 15) is 25.0 Å². The Morgan fingerprint density at radius 3 is 2.00 bits per heavy atom. The number of azide groups is 1. The lowest BCUT2D eigenvalue weighted by atomic mass is 9.81. The highest BCUT2D eigenvalue weighted by Crippen LogP contribution is 2.35. The maximum atomic E-state index is 13.6. The molecule has 3 aliphatic rings. The second-order valence-electron chi connectivity index (χ2n) is 14.5.